The van der Waals surface area contributed by atoms with Gasteiger partial charge in [-0.2, -0.15) is 5.26 Å². The van der Waals surface area contributed by atoms with Crippen molar-refractivity contribution >= 4 is 10.0 Å². The van der Waals surface area contributed by atoms with Gasteiger partial charge in [0.25, 0.3) is 0 Å². The van der Waals surface area contributed by atoms with Gasteiger partial charge >= 0.3 is 0 Å². The first kappa shape index (κ1) is 14.6. The molecule has 2 N–H and O–H groups in total. The molecule has 0 saturated carbocycles. The Morgan fingerprint density at radius 2 is 2.00 bits per heavy atom. The molecule has 18 heavy (non-hydrogen) atoms. The van der Waals surface area contributed by atoms with E-state index in [0.29, 0.717) is 12.1 Å². The number of nitrogens with zero attached hydrogens (tertiary/aromatic N) is 1. The molecule has 0 heterocycles. The fourth-order valence-electron chi connectivity index (χ4n) is 1.42. The van der Waals surface area contributed by atoms with Crippen LogP contribution in [0, 0.1) is 11.3 Å². The number of benzene rings is 1. The van der Waals surface area contributed by atoms with Crippen molar-refractivity contribution in [3.05, 3.63) is 29.8 Å². The van der Waals surface area contributed by atoms with Crippen molar-refractivity contribution in [1.82, 2.24) is 4.72 Å². The van der Waals surface area contributed by atoms with Crippen LogP contribution in [0.15, 0.2) is 29.2 Å². The molecule has 1 rings (SSSR count). The van der Waals surface area contributed by atoms with E-state index in [1.165, 1.54) is 12.1 Å². The van der Waals surface area contributed by atoms with Gasteiger partial charge in [-0.25, -0.2) is 13.1 Å². The van der Waals surface area contributed by atoms with Gasteiger partial charge in [-0.15, -0.1) is 0 Å². The first-order chi connectivity index (χ1) is 8.55. The molecule has 6 heteroatoms. The van der Waals surface area contributed by atoms with Crippen LogP contribution < -0.4 is 4.72 Å². The lowest BCUT2D eigenvalue weighted by Gasteiger charge is -2.08. The summed E-state index contributed by atoms with van der Waals surface area (Å²) in [6.45, 7) is 1.99. The van der Waals surface area contributed by atoms with Crippen LogP contribution in [0.2, 0.25) is 0 Å². The van der Waals surface area contributed by atoms with Gasteiger partial charge in [0.05, 0.1) is 23.5 Å². The summed E-state index contributed by atoms with van der Waals surface area (Å²) in [4.78, 5) is 0.161. The Morgan fingerprint density at radius 3 is 2.44 bits per heavy atom. The fourth-order valence-corrected chi connectivity index (χ4v) is 2.55. The van der Waals surface area contributed by atoms with Crippen LogP contribution in [0.25, 0.3) is 0 Å². The topological polar surface area (TPSA) is 90.2 Å². The molecule has 98 valence electrons. The third-order valence-electron chi connectivity index (χ3n) is 2.47. The second kappa shape index (κ2) is 6.50. The maximum absolute atomic E-state index is 11.8. The maximum Gasteiger partial charge on any atom is 0.240 e. The predicted molar refractivity (Wildman–Crippen MR) is 67.4 cm³/mol. The molecular weight excluding hydrogens is 252 g/mol. The molecule has 0 fully saturated rings. The number of sulfonamides is 1. The number of aliphatic hydroxyl groups excluding tert-OH is 1. The largest absolute Gasteiger partial charge is 0.395 e. The summed E-state index contributed by atoms with van der Waals surface area (Å²) in [5.74, 6) is -0.620. The third-order valence-corrected chi connectivity index (χ3v) is 3.95. The summed E-state index contributed by atoms with van der Waals surface area (Å²) in [6.07, 6.45) is 0.721. The van der Waals surface area contributed by atoms with E-state index in [4.69, 9.17) is 10.4 Å². The summed E-state index contributed by atoms with van der Waals surface area (Å²) >= 11 is 0. The minimum absolute atomic E-state index is 0.161. The molecule has 0 saturated heterocycles. The van der Waals surface area contributed by atoms with E-state index >= 15 is 0 Å². The summed E-state index contributed by atoms with van der Waals surface area (Å²) < 4.78 is 26.0. The van der Waals surface area contributed by atoms with Crippen LogP contribution in [-0.4, -0.2) is 26.7 Å². The fraction of sp³-hybridized carbons (Fsp3) is 0.417. The minimum Gasteiger partial charge on any atom is -0.395 e. The van der Waals surface area contributed by atoms with Gasteiger partial charge in [0.2, 0.25) is 10.0 Å². The Bertz CT molecular complexity index is 517. The van der Waals surface area contributed by atoms with E-state index in [-0.39, 0.29) is 11.5 Å². The highest BCUT2D eigenvalue weighted by atomic mass is 32.2. The zero-order valence-corrected chi connectivity index (χ0v) is 10.9. The minimum atomic E-state index is -3.47. The Labute approximate surface area is 107 Å². The highest BCUT2D eigenvalue weighted by Crippen LogP contribution is 2.17. The van der Waals surface area contributed by atoms with Gasteiger partial charge in [-0.05, 0) is 24.1 Å². The number of nitriles is 1. The SMILES string of the molecule is CCCNS(=O)(=O)c1ccc(C(C#N)CO)cc1. The van der Waals surface area contributed by atoms with E-state index in [0.717, 1.165) is 6.42 Å². The van der Waals surface area contributed by atoms with E-state index in [1.54, 1.807) is 12.1 Å². The van der Waals surface area contributed by atoms with Crippen molar-refractivity contribution < 1.29 is 13.5 Å². The lowest BCUT2D eigenvalue weighted by Crippen LogP contribution is -2.24. The Balaban J connectivity index is 2.93. The molecule has 0 aliphatic heterocycles. The molecule has 0 aromatic heterocycles. The van der Waals surface area contributed by atoms with Crippen molar-refractivity contribution in [2.24, 2.45) is 0 Å². The first-order valence-corrected chi connectivity index (χ1v) is 7.13. The van der Waals surface area contributed by atoms with Crippen LogP contribution in [0.3, 0.4) is 0 Å². The van der Waals surface area contributed by atoms with Crippen LogP contribution >= 0.6 is 0 Å². The van der Waals surface area contributed by atoms with Crippen molar-refractivity contribution in [3.8, 4) is 6.07 Å². The van der Waals surface area contributed by atoms with Gasteiger partial charge in [0.1, 0.15) is 0 Å². The summed E-state index contributed by atoms with van der Waals surface area (Å²) in [6, 6.07) is 7.91. The molecule has 1 aromatic carbocycles. The van der Waals surface area contributed by atoms with Gasteiger partial charge < -0.3 is 5.11 Å². The summed E-state index contributed by atoms with van der Waals surface area (Å²) in [5, 5.41) is 17.8. The molecule has 0 spiro atoms. The number of hydrogen-bond donors (Lipinski definition) is 2. The molecule has 1 unspecified atom stereocenters. The molecule has 5 nitrogen and oxygen atoms in total. The van der Waals surface area contributed by atoms with Gasteiger partial charge in [-0.3, -0.25) is 0 Å². The number of nitrogens with one attached hydrogen (secondary N) is 1. The molecule has 0 bridgehead atoms. The average Bonchev–Trinajstić information content (AvgIpc) is 2.38. The van der Waals surface area contributed by atoms with Crippen LogP contribution in [-0.2, 0) is 10.0 Å². The molecule has 0 aliphatic carbocycles. The lowest BCUT2D eigenvalue weighted by atomic mass is 10.0. The van der Waals surface area contributed by atoms with Crippen molar-refractivity contribution in [1.29, 1.82) is 5.26 Å². The second-order valence-corrected chi connectivity index (χ2v) is 5.60. The zero-order chi connectivity index (χ0) is 13.6. The monoisotopic (exact) mass is 268 g/mol. The molecule has 1 atom stereocenters. The molecular formula is C12H16N2O3S. The highest BCUT2D eigenvalue weighted by Gasteiger charge is 2.14. The van der Waals surface area contributed by atoms with Crippen LogP contribution in [0.4, 0.5) is 0 Å². The zero-order valence-electron chi connectivity index (χ0n) is 10.1. The van der Waals surface area contributed by atoms with Gasteiger partial charge in [-0.1, -0.05) is 19.1 Å². The molecule has 0 aliphatic rings. The van der Waals surface area contributed by atoms with Crippen molar-refractivity contribution in [3.63, 3.8) is 0 Å². The quantitative estimate of drug-likeness (QED) is 0.804. The summed E-state index contributed by atoms with van der Waals surface area (Å²) in [7, 11) is -3.47. The number of hydrogen-bond acceptors (Lipinski definition) is 4. The third kappa shape index (κ3) is 3.53. The first-order valence-electron chi connectivity index (χ1n) is 5.65. The molecule has 1 aromatic rings. The number of aliphatic hydroxyl groups is 1. The normalized spacial score (nSPS) is 12.9. The highest BCUT2D eigenvalue weighted by molar-refractivity contribution is 7.89. The summed E-state index contributed by atoms with van der Waals surface area (Å²) in [5.41, 5.74) is 0.606. The van der Waals surface area contributed by atoms with Crippen LogP contribution in [0.5, 0.6) is 0 Å². The molecule has 0 amide bonds. The maximum atomic E-state index is 11.8. The number of rotatable bonds is 6. The lowest BCUT2D eigenvalue weighted by molar-refractivity contribution is 0.286. The Kier molecular flexibility index (Phi) is 5.28. The van der Waals surface area contributed by atoms with Crippen molar-refractivity contribution in [2.75, 3.05) is 13.2 Å². The Hall–Kier alpha value is -1.42. The van der Waals surface area contributed by atoms with E-state index in [1.807, 2.05) is 13.0 Å². The van der Waals surface area contributed by atoms with Gasteiger partial charge in [0.15, 0.2) is 0 Å². The molecule has 0 radical (unpaired) electrons. The smallest absolute Gasteiger partial charge is 0.240 e. The second-order valence-electron chi connectivity index (χ2n) is 3.83. The van der Waals surface area contributed by atoms with Crippen molar-refractivity contribution in [2.45, 2.75) is 24.2 Å². The van der Waals surface area contributed by atoms with Gasteiger partial charge in [0, 0.05) is 6.54 Å². The Morgan fingerprint density at radius 1 is 1.39 bits per heavy atom. The van der Waals surface area contributed by atoms with E-state index in [9.17, 15) is 8.42 Å². The predicted octanol–water partition coefficient (Wildman–Crippen LogP) is 0.974. The standard InChI is InChI=1S/C12H16N2O3S/c1-2-7-14-18(16,17)12-5-3-10(4-6-12)11(8-13)9-15/h3-6,11,14-15H,2,7,9H2,1H3. The van der Waals surface area contributed by atoms with Crippen LogP contribution in [0.1, 0.15) is 24.8 Å². The van der Waals surface area contributed by atoms with E-state index in [2.05, 4.69) is 4.72 Å². The van der Waals surface area contributed by atoms with E-state index < -0.39 is 15.9 Å². The average molecular weight is 268 g/mol.